The molecular weight excluding hydrogens is 196 g/mol. The molecule has 1 atom stereocenters. The SMILES string of the molecule is CC/C=C(\NC(Cl)CNC)C1CCC1. The molecule has 0 aromatic carbocycles. The molecule has 1 aliphatic carbocycles. The quantitative estimate of drug-likeness (QED) is 0.527. The highest BCUT2D eigenvalue weighted by atomic mass is 35.5. The van der Waals surface area contributed by atoms with Crippen LogP contribution in [0.15, 0.2) is 11.8 Å². The van der Waals surface area contributed by atoms with Gasteiger partial charge in [0, 0.05) is 12.2 Å². The van der Waals surface area contributed by atoms with Crippen molar-refractivity contribution < 1.29 is 0 Å². The van der Waals surface area contributed by atoms with Gasteiger partial charge in [-0.2, -0.15) is 0 Å². The minimum Gasteiger partial charge on any atom is -0.372 e. The summed E-state index contributed by atoms with van der Waals surface area (Å²) in [6.07, 6.45) is 7.37. The van der Waals surface area contributed by atoms with E-state index in [1.807, 2.05) is 7.05 Å². The molecule has 2 N–H and O–H groups in total. The van der Waals surface area contributed by atoms with E-state index in [-0.39, 0.29) is 5.50 Å². The molecule has 0 heterocycles. The van der Waals surface area contributed by atoms with Gasteiger partial charge in [-0.25, -0.2) is 0 Å². The minimum absolute atomic E-state index is 0.0124. The molecule has 0 aromatic rings. The summed E-state index contributed by atoms with van der Waals surface area (Å²) in [6, 6.07) is 0. The molecule has 1 saturated carbocycles. The Morgan fingerprint density at radius 1 is 1.57 bits per heavy atom. The topological polar surface area (TPSA) is 24.1 Å². The normalized spacial score (nSPS) is 20.4. The first-order chi connectivity index (χ1) is 6.77. The van der Waals surface area contributed by atoms with Gasteiger partial charge in [0.05, 0.1) is 0 Å². The molecular formula is C11H21ClN2. The Kier molecular flexibility index (Phi) is 5.34. The molecule has 1 rings (SSSR count). The van der Waals surface area contributed by atoms with Crippen LogP contribution in [0.1, 0.15) is 32.6 Å². The van der Waals surface area contributed by atoms with Crippen LogP contribution in [-0.4, -0.2) is 19.1 Å². The molecule has 14 heavy (non-hydrogen) atoms. The second kappa shape index (κ2) is 6.31. The van der Waals surface area contributed by atoms with Gasteiger partial charge in [-0.15, -0.1) is 0 Å². The van der Waals surface area contributed by atoms with Crippen LogP contribution < -0.4 is 10.6 Å². The molecule has 0 radical (unpaired) electrons. The maximum Gasteiger partial charge on any atom is 0.114 e. The first-order valence-electron chi connectivity index (χ1n) is 5.53. The van der Waals surface area contributed by atoms with Gasteiger partial charge in [0.15, 0.2) is 0 Å². The second-order valence-corrected chi connectivity index (χ2v) is 4.39. The van der Waals surface area contributed by atoms with Crippen molar-refractivity contribution in [1.82, 2.24) is 10.6 Å². The minimum atomic E-state index is 0.0124. The summed E-state index contributed by atoms with van der Waals surface area (Å²) in [6.45, 7) is 2.97. The van der Waals surface area contributed by atoms with Crippen molar-refractivity contribution in [2.75, 3.05) is 13.6 Å². The van der Waals surface area contributed by atoms with Gasteiger partial charge in [0.1, 0.15) is 5.50 Å². The summed E-state index contributed by atoms with van der Waals surface area (Å²) in [7, 11) is 1.92. The van der Waals surface area contributed by atoms with Gasteiger partial charge < -0.3 is 10.6 Å². The van der Waals surface area contributed by atoms with Gasteiger partial charge in [-0.05, 0) is 32.2 Å². The van der Waals surface area contributed by atoms with Gasteiger partial charge >= 0.3 is 0 Å². The van der Waals surface area contributed by atoms with E-state index in [1.165, 1.54) is 25.0 Å². The van der Waals surface area contributed by atoms with Crippen LogP contribution in [0.5, 0.6) is 0 Å². The van der Waals surface area contributed by atoms with Crippen molar-refractivity contribution in [3.05, 3.63) is 11.8 Å². The number of likely N-dealkylation sites (N-methyl/N-ethyl adjacent to an activating group) is 1. The fourth-order valence-electron chi connectivity index (χ4n) is 1.69. The summed E-state index contributed by atoms with van der Waals surface area (Å²) in [5.41, 5.74) is 1.37. The van der Waals surface area contributed by atoms with Crippen LogP contribution in [0.2, 0.25) is 0 Å². The third kappa shape index (κ3) is 3.50. The van der Waals surface area contributed by atoms with E-state index >= 15 is 0 Å². The first-order valence-corrected chi connectivity index (χ1v) is 5.96. The van der Waals surface area contributed by atoms with Crippen LogP contribution in [0, 0.1) is 5.92 Å². The lowest BCUT2D eigenvalue weighted by Gasteiger charge is -2.30. The Hall–Kier alpha value is -0.210. The van der Waals surface area contributed by atoms with Crippen molar-refractivity contribution >= 4 is 11.6 Å². The largest absolute Gasteiger partial charge is 0.372 e. The second-order valence-electron chi connectivity index (χ2n) is 3.87. The van der Waals surface area contributed by atoms with Crippen molar-refractivity contribution in [2.24, 2.45) is 5.92 Å². The lowest BCUT2D eigenvalue weighted by atomic mass is 9.82. The maximum absolute atomic E-state index is 6.12. The third-order valence-corrected chi connectivity index (χ3v) is 2.94. The smallest absolute Gasteiger partial charge is 0.114 e. The number of hydrogen-bond acceptors (Lipinski definition) is 2. The number of rotatable bonds is 6. The molecule has 1 fully saturated rings. The number of hydrogen-bond donors (Lipinski definition) is 2. The molecule has 0 bridgehead atoms. The average Bonchev–Trinajstić information content (AvgIpc) is 2.01. The maximum atomic E-state index is 6.12. The Bertz CT molecular complexity index is 188. The molecule has 0 amide bonds. The lowest BCUT2D eigenvalue weighted by Crippen LogP contribution is -2.36. The van der Waals surface area contributed by atoms with E-state index in [1.54, 1.807) is 0 Å². The number of nitrogens with one attached hydrogen (secondary N) is 2. The van der Waals surface area contributed by atoms with Crippen LogP contribution in [-0.2, 0) is 0 Å². The van der Waals surface area contributed by atoms with E-state index < -0.39 is 0 Å². The molecule has 82 valence electrons. The zero-order valence-electron chi connectivity index (χ0n) is 9.15. The van der Waals surface area contributed by atoms with Crippen molar-refractivity contribution in [1.29, 1.82) is 0 Å². The Morgan fingerprint density at radius 3 is 2.71 bits per heavy atom. The molecule has 1 unspecified atom stereocenters. The summed E-state index contributed by atoms with van der Waals surface area (Å²) in [4.78, 5) is 0. The average molecular weight is 217 g/mol. The molecule has 0 spiro atoms. The Morgan fingerprint density at radius 2 is 2.29 bits per heavy atom. The first kappa shape index (κ1) is 11.9. The van der Waals surface area contributed by atoms with Crippen molar-refractivity contribution in [3.8, 4) is 0 Å². The summed E-state index contributed by atoms with van der Waals surface area (Å²) in [5, 5.41) is 6.45. The van der Waals surface area contributed by atoms with Crippen LogP contribution >= 0.6 is 11.6 Å². The van der Waals surface area contributed by atoms with E-state index in [2.05, 4.69) is 23.6 Å². The molecule has 0 saturated heterocycles. The zero-order chi connectivity index (χ0) is 10.4. The van der Waals surface area contributed by atoms with Gasteiger partial charge in [0.2, 0.25) is 0 Å². The van der Waals surface area contributed by atoms with Crippen molar-refractivity contribution in [3.63, 3.8) is 0 Å². The zero-order valence-corrected chi connectivity index (χ0v) is 9.90. The molecule has 2 nitrogen and oxygen atoms in total. The Labute approximate surface area is 92.1 Å². The fraction of sp³-hybridized carbons (Fsp3) is 0.818. The number of allylic oxidation sites excluding steroid dienone is 2. The molecule has 1 aliphatic rings. The monoisotopic (exact) mass is 216 g/mol. The Balaban J connectivity index is 2.38. The van der Waals surface area contributed by atoms with Crippen LogP contribution in [0.4, 0.5) is 0 Å². The van der Waals surface area contributed by atoms with Crippen LogP contribution in [0.3, 0.4) is 0 Å². The molecule has 0 aliphatic heterocycles. The highest BCUT2D eigenvalue weighted by Gasteiger charge is 2.22. The molecule has 0 aromatic heterocycles. The van der Waals surface area contributed by atoms with Crippen molar-refractivity contribution in [2.45, 2.75) is 38.1 Å². The summed E-state index contributed by atoms with van der Waals surface area (Å²) >= 11 is 6.12. The highest BCUT2D eigenvalue weighted by molar-refractivity contribution is 6.20. The molecule has 3 heteroatoms. The van der Waals surface area contributed by atoms with E-state index in [0.29, 0.717) is 0 Å². The van der Waals surface area contributed by atoms with Gasteiger partial charge in [0.25, 0.3) is 0 Å². The predicted molar refractivity (Wildman–Crippen MR) is 62.4 cm³/mol. The summed E-state index contributed by atoms with van der Waals surface area (Å²) in [5.74, 6) is 0.744. The van der Waals surface area contributed by atoms with E-state index in [9.17, 15) is 0 Å². The number of alkyl halides is 1. The predicted octanol–water partition coefficient (Wildman–Crippen LogP) is 2.45. The summed E-state index contributed by atoms with van der Waals surface area (Å²) < 4.78 is 0. The lowest BCUT2D eigenvalue weighted by molar-refractivity contribution is 0.346. The van der Waals surface area contributed by atoms with E-state index in [0.717, 1.165) is 18.9 Å². The van der Waals surface area contributed by atoms with Gasteiger partial charge in [-0.3, -0.25) is 0 Å². The standard InChI is InChI=1S/C11H21ClN2/c1-3-5-10(9-6-4-7-9)14-11(12)8-13-2/h5,9,11,13-14H,3-4,6-8H2,1-2H3/b10-5-. The highest BCUT2D eigenvalue weighted by Crippen LogP contribution is 2.32. The number of halogens is 1. The third-order valence-electron chi connectivity index (χ3n) is 2.68. The van der Waals surface area contributed by atoms with Crippen LogP contribution in [0.25, 0.3) is 0 Å². The van der Waals surface area contributed by atoms with Gasteiger partial charge in [-0.1, -0.05) is 31.0 Å². The fourth-order valence-corrected chi connectivity index (χ4v) is 1.97. The van der Waals surface area contributed by atoms with E-state index in [4.69, 9.17) is 11.6 Å².